The van der Waals surface area contributed by atoms with Crippen LogP contribution >= 0.6 is 0 Å². The molecular weight excluding hydrogens is 272 g/mol. The quantitative estimate of drug-likeness (QED) is 0.738. The fourth-order valence-corrected chi connectivity index (χ4v) is 2.90. The van der Waals surface area contributed by atoms with E-state index in [1.165, 1.54) is 6.07 Å². The van der Waals surface area contributed by atoms with Crippen LogP contribution in [-0.4, -0.2) is 12.7 Å². The first-order valence-electron chi connectivity index (χ1n) is 7.67. The summed E-state index contributed by atoms with van der Waals surface area (Å²) in [6.07, 6.45) is 5.81. The first kappa shape index (κ1) is 15.9. The Kier molecular flexibility index (Phi) is 5.69. The Labute approximate surface area is 124 Å². The summed E-state index contributed by atoms with van der Waals surface area (Å²) in [5, 5.41) is 8.71. The lowest BCUT2D eigenvalue weighted by Gasteiger charge is -2.29. The summed E-state index contributed by atoms with van der Waals surface area (Å²) in [7, 11) is 0. The van der Waals surface area contributed by atoms with Crippen molar-refractivity contribution in [1.82, 2.24) is 0 Å². The van der Waals surface area contributed by atoms with Crippen LogP contribution in [0.4, 0.5) is 8.78 Å². The Morgan fingerprint density at radius 1 is 1.19 bits per heavy atom. The molecule has 1 aromatic rings. The predicted octanol–water partition coefficient (Wildman–Crippen LogP) is 4.68. The van der Waals surface area contributed by atoms with E-state index in [1.54, 1.807) is 12.1 Å². The molecule has 0 bridgehead atoms. The molecule has 0 aliphatic heterocycles. The van der Waals surface area contributed by atoms with Gasteiger partial charge in [-0.2, -0.15) is 5.26 Å². The van der Waals surface area contributed by atoms with Gasteiger partial charge in [-0.05, 0) is 49.7 Å². The second kappa shape index (κ2) is 7.51. The Balaban J connectivity index is 1.97. The molecule has 1 aliphatic carbocycles. The van der Waals surface area contributed by atoms with Gasteiger partial charge in [0.25, 0.3) is 0 Å². The highest BCUT2D eigenvalue weighted by Crippen LogP contribution is 2.36. The van der Waals surface area contributed by atoms with E-state index < -0.39 is 11.6 Å². The van der Waals surface area contributed by atoms with Crippen LogP contribution < -0.4 is 0 Å². The van der Waals surface area contributed by atoms with Gasteiger partial charge in [-0.1, -0.05) is 19.4 Å². The fraction of sp³-hybridized carbons (Fsp3) is 0.588. The van der Waals surface area contributed by atoms with Crippen LogP contribution in [0.25, 0.3) is 0 Å². The molecule has 0 spiro atoms. The molecule has 0 heterocycles. The van der Waals surface area contributed by atoms with Crippen LogP contribution in [0.5, 0.6) is 0 Å². The standard InChI is InChI=1S/C17H21F2NO/c1-2-3-10-21-14-7-4-12(5-8-14)15-9-6-13(11-20)16(18)17(15)19/h6,9,12,14H,2-5,7-8,10H2,1H3. The minimum absolute atomic E-state index is 0.0262. The van der Waals surface area contributed by atoms with Crippen molar-refractivity contribution in [3.05, 3.63) is 34.9 Å². The van der Waals surface area contributed by atoms with Crippen molar-refractivity contribution in [3.8, 4) is 6.07 Å². The van der Waals surface area contributed by atoms with Crippen molar-refractivity contribution in [2.24, 2.45) is 0 Å². The van der Waals surface area contributed by atoms with Crippen LogP contribution in [0.2, 0.25) is 0 Å². The maximum atomic E-state index is 14.0. The van der Waals surface area contributed by atoms with Crippen LogP contribution in [0.15, 0.2) is 12.1 Å². The van der Waals surface area contributed by atoms with Crippen molar-refractivity contribution < 1.29 is 13.5 Å². The van der Waals surface area contributed by atoms with E-state index in [-0.39, 0.29) is 17.6 Å². The average Bonchev–Trinajstić information content (AvgIpc) is 2.51. The van der Waals surface area contributed by atoms with Crippen molar-refractivity contribution in [2.75, 3.05) is 6.61 Å². The monoisotopic (exact) mass is 293 g/mol. The summed E-state index contributed by atoms with van der Waals surface area (Å²) in [6, 6.07) is 4.60. The number of ether oxygens (including phenoxy) is 1. The Morgan fingerprint density at radius 3 is 2.52 bits per heavy atom. The molecule has 0 saturated heterocycles. The third-order valence-electron chi connectivity index (χ3n) is 4.20. The second-order valence-electron chi connectivity index (χ2n) is 5.64. The lowest BCUT2D eigenvalue weighted by atomic mass is 9.82. The average molecular weight is 293 g/mol. The summed E-state index contributed by atoms with van der Waals surface area (Å²) in [5.74, 6) is -1.85. The smallest absolute Gasteiger partial charge is 0.176 e. The van der Waals surface area contributed by atoms with Gasteiger partial charge in [-0.25, -0.2) is 8.78 Å². The highest BCUT2D eigenvalue weighted by molar-refractivity contribution is 5.36. The molecule has 1 saturated carbocycles. The third kappa shape index (κ3) is 3.79. The van der Waals surface area contributed by atoms with Crippen molar-refractivity contribution in [1.29, 1.82) is 5.26 Å². The number of unbranched alkanes of at least 4 members (excludes halogenated alkanes) is 1. The topological polar surface area (TPSA) is 33.0 Å². The summed E-state index contributed by atoms with van der Waals surface area (Å²) < 4.78 is 33.5. The highest BCUT2D eigenvalue weighted by atomic mass is 19.2. The molecule has 2 rings (SSSR count). The van der Waals surface area contributed by atoms with E-state index in [4.69, 9.17) is 10.00 Å². The van der Waals surface area contributed by atoms with Crippen LogP contribution in [-0.2, 0) is 4.74 Å². The normalized spacial score (nSPS) is 22.0. The molecule has 1 fully saturated rings. The molecule has 0 radical (unpaired) electrons. The van der Waals surface area contributed by atoms with E-state index in [0.29, 0.717) is 5.56 Å². The number of rotatable bonds is 5. The SMILES string of the molecule is CCCCOC1CCC(c2ccc(C#N)c(F)c2F)CC1. The van der Waals surface area contributed by atoms with E-state index in [2.05, 4.69) is 6.92 Å². The molecule has 114 valence electrons. The zero-order valence-electron chi connectivity index (χ0n) is 12.4. The van der Waals surface area contributed by atoms with Gasteiger partial charge in [0.2, 0.25) is 0 Å². The molecule has 2 nitrogen and oxygen atoms in total. The van der Waals surface area contributed by atoms with Crippen LogP contribution in [0.3, 0.4) is 0 Å². The molecule has 21 heavy (non-hydrogen) atoms. The second-order valence-corrected chi connectivity index (χ2v) is 5.64. The fourth-order valence-electron chi connectivity index (χ4n) is 2.90. The van der Waals surface area contributed by atoms with Gasteiger partial charge in [0.1, 0.15) is 6.07 Å². The number of halogens is 2. The van der Waals surface area contributed by atoms with E-state index in [9.17, 15) is 8.78 Å². The van der Waals surface area contributed by atoms with Gasteiger partial charge in [-0.3, -0.25) is 0 Å². The molecule has 0 amide bonds. The summed E-state index contributed by atoms with van der Waals surface area (Å²) >= 11 is 0. The lowest BCUT2D eigenvalue weighted by Crippen LogP contribution is -2.22. The summed E-state index contributed by atoms with van der Waals surface area (Å²) in [4.78, 5) is 0. The number of hydrogen-bond donors (Lipinski definition) is 0. The van der Waals surface area contributed by atoms with E-state index >= 15 is 0 Å². The third-order valence-corrected chi connectivity index (χ3v) is 4.20. The first-order valence-corrected chi connectivity index (χ1v) is 7.67. The predicted molar refractivity (Wildman–Crippen MR) is 76.9 cm³/mol. The highest BCUT2D eigenvalue weighted by Gasteiger charge is 2.26. The Morgan fingerprint density at radius 2 is 1.90 bits per heavy atom. The molecule has 0 N–H and O–H groups in total. The molecule has 1 aromatic carbocycles. The lowest BCUT2D eigenvalue weighted by molar-refractivity contribution is 0.0230. The van der Waals surface area contributed by atoms with Crippen molar-refractivity contribution in [3.63, 3.8) is 0 Å². The minimum atomic E-state index is -1.02. The van der Waals surface area contributed by atoms with Gasteiger partial charge in [0.05, 0.1) is 11.7 Å². The Hall–Kier alpha value is -1.47. The first-order chi connectivity index (χ1) is 10.2. The molecule has 0 atom stereocenters. The summed E-state index contributed by atoms with van der Waals surface area (Å²) in [5.41, 5.74) is 0.173. The van der Waals surface area contributed by atoms with Crippen LogP contribution in [0, 0.1) is 23.0 Å². The van der Waals surface area contributed by atoms with E-state index in [1.807, 2.05) is 0 Å². The molecule has 0 aromatic heterocycles. The maximum absolute atomic E-state index is 14.0. The van der Waals surface area contributed by atoms with Gasteiger partial charge >= 0.3 is 0 Å². The number of nitrogens with zero attached hydrogens (tertiary/aromatic N) is 1. The van der Waals surface area contributed by atoms with Gasteiger partial charge < -0.3 is 4.74 Å². The van der Waals surface area contributed by atoms with Crippen molar-refractivity contribution >= 4 is 0 Å². The number of hydrogen-bond acceptors (Lipinski definition) is 2. The molecular formula is C17H21F2NO. The zero-order chi connectivity index (χ0) is 15.2. The largest absolute Gasteiger partial charge is 0.378 e. The zero-order valence-corrected chi connectivity index (χ0v) is 12.4. The maximum Gasteiger partial charge on any atom is 0.176 e. The molecule has 1 aliphatic rings. The minimum Gasteiger partial charge on any atom is -0.378 e. The van der Waals surface area contributed by atoms with Crippen molar-refractivity contribution in [2.45, 2.75) is 57.5 Å². The Bertz CT molecular complexity index is 516. The van der Waals surface area contributed by atoms with E-state index in [0.717, 1.165) is 45.1 Å². The molecule has 4 heteroatoms. The van der Waals surface area contributed by atoms with Gasteiger partial charge in [0.15, 0.2) is 11.6 Å². The number of benzene rings is 1. The van der Waals surface area contributed by atoms with Gasteiger partial charge in [-0.15, -0.1) is 0 Å². The van der Waals surface area contributed by atoms with Gasteiger partial charge in [0, 0.05) is 6.61 Å². The van der Waals surface area contributed by atoms with Crippen LogP contribution in [0.1, 0.15) is 62.5 Å². The number of nitriles is 1. The molecule has 0 unspecified atom stereocenters. The summed E-state index contributed by atoms with van der Waals surface area (Å²) in [6.45, 7) is 2.91.